The van der Waals surface area contributed by atoms with E-state index in [0.717, 1.165) is 41.0 Å². The summed E-state index contributed by atoms with van der Waals surface area (Å²) in [4.78, 5) is 0. The van der Waals surface area contributed by atoms with Gasteiger partial charge in [0.2, 0.25) is 0 Å². The van der Waals surface area contributed by atoms with E-state index in [1.54, 1.807) is 0 Å². The highest BCUT2D eigenvalue weighted by Gasteiger charge is 2.09. The van der Waals surface area contributed by atoms with Crippen LogP contribution in [0.3, 0.4) is 0 Å². The van der Waals surface area contributed by atoms with Crippen LogP contribution in [-0.2, 0) is 6.54 Å². The van der Waals surface area contributed by atoms with Crippen LogP contribution in [0.25, 0.3) is 0 Å². The van der Waals surface area contributed by atoms with Crippen LogP contribution in [0.2, 0.25) is 5.02 Å². The monoisotopic (exact) mass is 353 g/mol. The second-order valence-electron chi connectivity index (χ2n) is 4.46. The van der Waals surface area contributed by atoms with Gasteiger partial charge in [-0.3, -0.25) is 0 Å². The summed E-state index contributed by atoms with van der Waals surface area (Å²) in [5.41, 5.74) is 1.06. The molecule has 2 rings (SSSR count). The largest absolute Gasteiger partial charge is 0.455 e. The molecule has 0 heterocycles. The smallest absolute Gasteiger partial charge is 0.150 e. The number of nitrogens with one attached hydrogen (secondary N) is 1. The normalized spacial score (nSPS) is 10.6. The topological polar surface area (TPSA) is 21.3 Å². The van der Waals surface area contributed by atoms with Crippen LogP contribution < -0.4 is 10.1 Å². The van der Waals surface area contributed by atoms with E-state index in [2.05, 4.69) is 28.2 Å². The molecule has 0 aliphatic carbocycles. The third-order valence-corrected chi connectivity index (χ3v) is 3.65. The molecule has 2 nitrogen and oxygen atoms in total. The van der Waals surface area contributed by atoms with Crippen molar-refractivity contribution in [2.24, 2.45) is 0 Å². The fourth-order valence-corrected chi connectivity index (χ4v) is 2.32. The first-order chi connectivity index (χ1) is 9.70. The molecule has 0 fully saturated rings. The van der Waals surface area contributed by atoms with Gasteiger partial charge in [0.15, 0.2) is 0 Å². The van der Waals surface area contributed by atoms with Crippen LogP contribution in [0.1, 0.15) is 18.9 Å². The van der Waals surface area contributed by atoms with Gasteiger partial charge in [-0.1, -0.05) is 46.6 Å². The van der Waals surface area contributed by atoms with Crippen molar-refractivity contribution >= 4 is 27.5 Å². The molecule has 0 saturated carbocycles. The van der Waals surface area contributed by atoms with E-state index in [9.17, 15) is 0 Å². The Bertz CT molecular complexity index is 557. The van der Waals surface area contributed by atoms with E-state index in [1.807, 2.05) is 42.5 Å². The molecule has 0 bridgehead atoms. The number of halogens is 2. The zero-order chi connectivity index (χ0) is 14.4. The summed E-state index contributed by atoms with van der Waals surface area (Å²) < 4.78 is 6.96. The number of benzene rings is 2. The van der Waals surface area contributed by atoms with Crippen LogP contribution in [0.4, 0.5) is 0 Å². The van der Waals surface area contributed by atoms with Gasteiger partial charge in [-0.15, -0.1) is 0 Å². The van der Waals surface area contributed by atoms with Gasteiger partial charge in [-0.05, 0) is 43.3 Å². The minimum atomic E-state index is 0.628. The number of hydrogen-bond acceptors (Lipinski definition) is 2. The van der Waals surface area contributed by atoms with Crippen LogP contribution in [0.5, 0.6) is 11.5 Å². The molecular weight excluding hydrogens is 338 g/mol. The number of rotatable bonds is 6. The van der Waals surface area contributed by atoms with Crippen molar-refractivity contribution in [2.45, 2.75) is 19.9 Å². The van der Waals surface area contributed by atoms with E-state index in [0.29, 0.717) is 5.02 Å². The van der Waals surface area contributed by atoms with Gasteiger partial charge < -0.3 is 10.1 Å². The summed E-state index contributed by atoms with van der Waals surface area (Å²) in [6, 6.07) is 13.5. The lowest BCUT2D eigenvalue weighted by Crippen LogP contribution is -2.14. The molecular formula is C16H17BrClNO. The number of ether oxygens (including phenoxy) is 1. The lowest BCUT2D eigenvalue weighted by molar-refractivity contribution is 0.473. The Morgan fingerprint density at radius 3 is 2.60 bits per heavy atom. The highest BCUT2D eigenvalue weighted by atomic mass is 79.9. The molecule has 2 aromatic carbocycles. The maximum atomic E-state index is 6.26. The summed E-state index contributed by atoms with van der Waals surface area (Å²) in [5.74, 6) is 1.50. The maximum absolute atomic E-state index is 6.26. The Kier molecular flexibility index (Phi) is 5.89. The molecule has 1 N–H and O–H groups in total. The molecule has 2 aromatic rings. The predicted molar refractivity (Wildman–Crippen MR) is 87.7 cm³/mol. The molecule has 4 heteroatoms. The molecule has 20 heavy (non-hydrogen) atoms. The van der Waals surface area contributed by atoms with Crippen molar-refractivity contribution in [3.8, 4) is 11.5 Å². The average molecular weight is 355 g/mol. The predicted octanol–water partition coefficient (Wildman–Crippen LogP) is 5.39. The molecule has 0 saturated heterocycles. The summed E-state index contributed by atoms with van der Waals surface area (Å²) in [6.45, 7) is 3.87. The van der Waals surface area contributed by atoms with E-state index in [4.69, 9.17) is 16.3 Å². The van der Waals surface area contributed by atoms with Crippen molar-refractivity contribution in [3.63, 3.8) is 0 Å². The van der Waals surface area contributed by atoms with Gasteiger partial charge in [0.05, 0.1) is 5.02 Å². The molecule has 0 amide bonds. The summed E-state index contributed by atoms with van der Waals surface area (Å²) in [6.07, 6.45) is 1.10. The van der Waals surface area contributed by atoms with E-state index < -0.39 is 0 Å². The summed E-state index contributed by atoms with van der Waals surface area (Å²) >= 11 is 9.67. The Labute approximate surface area is 133 Å². The third-order valence-electron chi connectivity index (χ3n) is 2.82. The van der Waals surface area contributed by atoms with Crippen molar-refractivity contribution < 1.29 is 4.74 Å². The fraction of sp³-hybridized carbons (Fsp3) is 0.250. The minimum Gasteiger partial charge on any atom is -0.455 e. The molecule has 0 aromatic heterocycles. The standard InChI is InChI=1S/C16H17BrClNO/c1-2-10-19-11-12-4-3-5-15(18)16(12)20-14-8-6-13(17)7-9-14/h3-9,19H,2,10-11H2,1H3. The van der Waals surface area contributed by atoms with Crippen molar-refractivity contribution in [1.29, 1.82) is 0 Å². The molecule has 0 unspecified atom stereocenters. The summed E-state index contributed by atoms with van der Waals surface area (Å²) in [7, 11) is 0. The second-order valence-corrected chi connectivity index (χ2v) is 5.78. The molecule has 0 atom stereocenters. The first-order valence-corrected chi connectivity index (χ1v) is 7.79. The quantitative estimate of drug-likeness (QED) is 0.702. The van der Waals surface area contributed by atoms with E-state index >= 15 is 0 Å². The highest BCUT2D eigenvalue weighted by molar-refractivity contribution is 9.10. The van der Waals surface area contributed by atoms with E-state index in [-0.39, 0.29) is 0 Å². The molecule has 0 radical (unpaired) electrons. The van der Waals surface area contributed by atoms with Gasteiger partial charge in [0.25, 0.3) is 0 Å². The first-order valence-electron chi connectivity index (χ1n) is 6.62. The Morgan fingerprint density at radius 2 is 1.90 bits per heavy atom. The van der Waals surface area contributed by atoms with Gasteiger partial charge in [0.1, 0.15) is 11.5 Å². The van der Waals surface area contributed by atoms with Crippen LogP contribution in [0, 0.1) is 0 Å². The van der Waals surface area contributed by atoms with E-state index in [1.165, 1.54) is 0 Å². The molecule has 0 aliphatic heterocycles. The van der Waals surface area contributed by atoms with Gasteiger partial charge >= 0.3 is 0 Å². The summed E-state index contributed by atoms with van der Waals surface area (Å²) in [5, 5.41) is 4.00. The molecule has 0 spiro atoms. The lowest BCUT2D eigenvalue weighted by atomic mass is 10.2. The van der Waals surface area contributed by atoms with Crippen LogP contribution in [-0.4, -0.2) is 6.54 Å². The first kappa shape index (κ1) is 15.4. The van der Waals surface area contributed by atoms with Crippen molar-refractivity contribution in [2.75, 3.05) is 6.54 Å². The van der Waals surface area contributed by atoms with Crippen molar-refractivity contribution in [1.82, 2.24) is 5.32 Å². The molecule has 106 valence electrons. The number of hydrogen-bond donors (Lipinski definition) is 1. The van der Waals surface area contributed by atoms with Gasteiger partial charge in [-0.2, -0.15) is 0 Å². The minimum absolute atomic E-state index is 0.628. The van der Waals surface area contributed by atoms with Gasteiger partial charge in [-0.25, -0.2) is 0 Å². The maximum Gasteiger partial charge on any atom is 0.150 e. The second kappa shape index (κ2) is 7.67. The van der Waals surface area contributed by atoms with Gasteiger partial charge in [0, 0.05) is 16.6 Å². The Hall–Kier alpha value is -1.03. The zero-order valence-corrected chi connectivity index (χ0v) is 13.7. The molecule has 0 aliphatic rings. The van der Waals surface area contributed by atoms with Crippen molar-refractivity contribution in [3.05, 3.63) is 57.5 Å². The average Bonchev–Trinajstić information content (AvgIpc) is 2.45. The Balaban J connectivity index is 2.18. The highest BCUT2D eigenvalue weighted by Crippen LogP contribution is 2.33. The van der Waals surface area contributed by atoms with Crippen LogP contribution >= 0.6 is 27.5 Å². The lowest BCUT2D eigenvalue weighted by Gasteiger charge is -2.13. The Morgan fingerprint density at radius 1 is 1.15 bits per heavy atom. The zero-order valence-electron chi connectivity index (χ0n) is 11.3. The van der Waals surface area contributed by atoms with Crippen LogP contribution in [0.15, 0.2) is 46.9 Å². The fourth-order valence-electron chi connectivity index (χ4n) is 1.83. The third kappa shape index (κ3) is 4.23. The SMILES string of the molecule is CCCNCc1cccc(Cl)c1Oc1ccc(Br)cc1. The number of para-hydroxylation sites is 1.